The van der Waals surface area contributed by atoms with Gasteiger partial charge in [-0.25, -0.2) is 13.2 Å². The lowest BCUT2D eigenvalue weighted by Gasteiger charge is -2.28. The summed E-state index contributed by atoms with van der Waals surface area (Å²) in [6.07, 6.45) is 6.19. The number of halogens is 3. The third-order valence-corrected chi connectivity index (χ3v) is 6.39. The van der Waals surface area contributed by atoms with E-state index >= 15 is 0 Å². The van der Waals surface area contributed by atoms with Crippen molar-refractivity contribution in [1.29, 1.82) is 0 Å². The molecule has 1 saturated carbocycles. The van der Waals surface area contributed by atoms with Crippen molar-refractivity contribution in [3.05, 3.63) is 70.0 Å². The van der Waals surface area contributed by atoms with E-state index in [1.807, 2.05) is 0 Å². The van der Waals surface area contributed by atoms with Gasteiger partial charge in [0.25, 0.3) is 0 Å². The average Bonchev–Trinajstić information content (AvgIpc) is 2.61. The Balaban J connectivity index is 1.58. The summed E-state index contributed by atoms with van der Waals surface area (Å²) in [5, 5.41) is 0. The van der Waals surface area contributed by atoms with Gasteiger partial charge in [0.15, 0.2) is 0 Å². The van der Waals surface area contributed by atoms with Crippen LogP contribution in [0.4, 0.5) is 13.2 Å². The molecule has 1 fully saturated rings. The first-order chi connectivity index (χ1) is 12.5. The van der Waals surface area contributed by atoms with Crippen LogP contribution < -0.4 is 0 Å². The summed E-state index contributed by atoms with van der Waals surface area (Å²) in [5.74, 6) is -0.242. The van der Waals surface area contributed by atoms with Crippen LogP contribution in [0.5, 0.6) is 0 Å². The van der Waals surface area contributed by atoms with Crippen molar-refractivity contribution in [3.63, 3.8) is 0 Å². The molecule has 2 aliphatic carbocycles. The predicted octanol–water partition coefficient (Wildman–Crippen LogP) is 6.67. The molecule has 26 heavy (non-hydrogen) atoms. The predicted molar refractivity (Wildman–Crippen MR) is 97.9 cm³/mol. The maximum atomic E-state index is 14.9. The third kappa shape index (κ3) is 3.41. The second-order valence-electron chi connectivity index (χ2n) is 8.21. The smallest absolute Gasteiger partial charge is 0.129 e. The highest BCUT2D eigenvalue weighted by atomic mass is 19.1. The molecule has 0 heterocycles. The standard InChI is InChI=1S/C23H25F3/c1-14-2-4-15(5-3-14)19-12-21(25)23(22(26)13-19)18-7-6-17-11-20(24)9-8-16(17)10-18/h8-9,11-15,18H,2-7,10H2,1H3. The summed E-state index contributed by atoms with van der Waals surface area (Å²) in [6.45, 7) is 2.24. The summed E-state index contributed by atoms with van der Waals surface area (Å²) in [5.41, 5.74) is 3.00. The zero-order valence-electron chi connectivity index (χ0n) is 15.2. The fourth-order valence-corrected chi connectivity index (χ4v) is 4.79. The average molecular weight is 358 g/mol. The molecule has 0 saturated heterocycles. The molecule has 3 heteroatoms. The molecule has 0 nitrogen and oxygen atoms in total. The molecule has 4 rings (SSSR count). The van der Waals surface area contributed by atoms with Crippen LogP contribution in [0.25, 0.3) is 0 Å². The molecule has 0 aliphatic heterocycles. The molecule has 2 aliphatic rings. The number of fused-ring (bicyclic) bond motifs is 1. The molecule has 1 unspecified atom stereocenters. The molecule has 0 N–H and O–H groups in total. The van der Waals surface area contributed by atoms with Crippen LogP contribution in [-0.2, 0) is 12.8 Å². The van der Waals surface area contributed by atoms with Crippen molar-refractivity contribution in [3.8, 4) is 0 Å². The molecule has 1 atom stereocenters. The Bertz CT molecular complexity index is 780. The van der Waals surface area contributed by atoms with Gasteiger partial charge in [-0.3, -0.25) is 0 Å². The Morgan fingerprint density at radius 1 is 0.769 bits per heavy atom. The van der Waals surface area contributed by atoms with Crippen molar-refractivity contribution in [2.45, 2.75) is 63.7 Å². The third-order valence-electron chi connectivity index (χ3n) is 6.39. The van der Waals surface area contributed by atoms with Gasteiger partial charge in [0, 0.05) is 5.56 Å². The van der Waals surface area contributed by atoms with E-state index in [1.165, 1.54) is 6.07 Å². The minimum absolute atomic E-state index is 0.173. The van der Waals surface area contributed by atoms with Gasteiger partial charge in [-0.1, -0.05) is 25.8 Å². The Kier molecular flexibility index (Phi) is 4.81. The zero-order valence-corrected chi connectivity index (χ0v) is 15.2. The van der Waals surface area contributed by atoms with Crippen LogP contribution in [-0.4, -0.2) is 0 Å². The summed E-state index contributed by atoms with van der Waals surface area (Å²) >= 11 is 0. The Morgan fingerprint density at radius 3 is 2.15 bits per heavy atom. The Hall–Kier alpha value is -1.77. The van der Waals surface area contributed by atoms with E-state index in [0.29, 0.717) is 25.2 Å². The molecule has 0 bridgehead atoms. The lowest BCUT2D eigenvalue weighted by molar-refractivity contribution is 0.346. The summed E-state index contributed by atoms with van der Waals surface area (Å²) < 4.78 is 43.1. The lowest BCUT2D eigenvalue weighted by Crippen LogP contribution is -2.17. The fourth-order valence-electron chi connectivity index (χ4n) is 4.79. The number of benzene rings is 2. The van der Waals surface area contributed by atoms with Gasteiger partial charge in [0.2, 0.25) is 0 Å². The minimum atomic E-state index is -0.408. The van der Waals surface area contributed by atoms with Gasteiger partial charge < -0.3 is 0 Å². The maximum absolute atomic E-state index is 14.9. The molecular weight excluding hydrogens is 333 g/mol. The molecule has 0 spiro atoms. The van der Waals surface area contributed by atoms with E-state index in [4.69, 9.17) is 0 Å². The van der Waals surface area contributed by atoms with Crippen LogP contribution in [0, 0.1) is 23.4 Å². The van der Waals surface area contributed by atoms with Gasteiger partial charge in [-0.05, 0) is 90.8 Å². The van der Waals surface area contributed by atoms with E-state index in [2.05, 4.69) is 6.92 Å². The molecule has 0 radical (unpaired) electrons. The van der Waals surface area contributed by atoms with Gasteiger partial charge in [-0.2, -0.15) is 0 Å². The Morgan fingerprint density at radius 2 is 1.46 bits per heavy atom. The first-order valence-corrected chi connectivity index (χ1v) is 9.77. The van der Waals surface area contributed by atoms with E-state index in [9.17, 15) is 13.2 Å². The van der Waals surface area contributed by atoms with Gasteiger partial charge in [0.05, 0.1) is 0 Å². The molecule has 2 aromatic carbocycles. The van der Waals surface area contributed by atoms with E-state index in [-0.39, 0.29) is 23.2 Å². The quantitative estimate of drug-likeness (QED) is 0.562. The summed E-state index contributed by atoms with van der Waals surface area (Å²) in [7, 11) is 0. The maximum Gasteiger partial charge on any atom is 0.129 e. The lowest BCUT2D eigenvalue weighted by atomic mass is 9.77. The minimum Gasteiger partial charge on any atom is -0.207 e. The van der Waals surface area contributed by atoms with E-state index in [0.717, 1.165) is 42.4 Å². The molecule has 2 aromatic rings. The highest BCUT2D eigenvalue weighted by molar-refractivity contribution is 5.37. The molecule has 0 aromatic heterocycles. The van der Waals surface area contributed by atoms with Crippen molar-refractivity contribution in [2.75, 3.05) is 0 Å². The fraction of sp³-hybridized carbons (Fsp3) is 0.478. The SMILES string of the molecule is CC1CCC(c2cc(F)c(C3CCc4cc(F)ccc4C3)c(F)c2)CC1. The van der Waals surface area contributed by atoms with Crippen LogP contribution in [0.15, 0.2) is 30.3 Å². The second-order valence-corrected chi connectivity index (χ2v) is 8.21. The zero-order chi connectivity index (χ0) is 18.3. The van der Waals surface area contributed by atoms with Crippen molar-refractivity contribution in [2.24, 2.45) is 5.92 Å². The number of aryl methyl sites for hydroxylation is 1. The molecule has 0 amide bonds. The monoisotopic (exact) mass is 358 g/mol. The first kappa shape index (κ1) is 17.6. The largest absolute Gasteiger partial charge is 0.207 e. The summed E-state index contributed by atoms with van der Waals surface area (Å²) in [4.78, 5) is 0. The first-order valence-electron chi connectivity index (χ1n) is 9.77. The molecular formula is C23H25F3. The van der Waals surface area contributed by atoms with Gasteiger partial charge in [0.1, 0.15) is 17.5 Å². The number of hydrogen-bond acceptors (Lipinski definition) is 0. The van der Waals surface area contributed by atoms with Crippen LogP contribution in [0.3, 0.4) is 0 Å². The Labute approximate surface area is 153 Å². The van der Waals surface area contributed by atoms with Gasteiger partial charge in [-0.15, -0.1) is 0 Å². The van der Waals surface area contributed by atoms with E-state index in [1.54, 1.807) is 24.3 Å². The summed E-state index contributed by atoms with van der Waals surface area (Å²) in [6, 6.07) is 7.87. The van der Waals surface area contributed by atoms with Crippen LogP contribution in [0.2, 0.25) is 0 Å². The van der Waals surface area contributed by atoms with Gasteiger partial charge >= 0.3 is 0 Å². The number of rotatable bonds is 2. The van der Waals surface area contributed by atoms with Crippen LogP contribution >= 0.6 is 0 Å². The highest BCUT2D eigenvalue weighted by Gasteiger charge is 2.28. The number of hydrogen-bond donors (Lipinski definition) is 0. The normalized spacial score (nSPS) is 25.8. The topological polar surface area (TPSA) is 0 Å². The van der Waals surface area contributed by atoms with E-state index < -0.39 is 11.6 Å². The van der Waals surface area contributed by atoms with Crippen molar-refractivity contribution in [1.82, 2.24) is 0 Å². The van der Waals surface area contributed by atoms with Crippen molar-refractivity contribution >= 4 is 0 Å². The second kappa shape index (κ2) is 7.09. The van der Waals surface area contributed by atoms with Crippen LogP contribution in [0.1, 0.15) is 73.1 Å². The van der Waals surface area contributed by atoms with Crippen molar-refractivity contribution < 1.29 is 13.2 Å². The molecule has 138 valence electrons. The highest BCUT2D eigenvalue weighted by Crippen LogP contribution is 2.39.